The molecule has 8 heteroatoms. The van der Waals surface area contributed by atoms with Crippen LogP contribution in [0, 0.1) is 0 Å². The maximum absolute atomic E-state index is 11.8. The fourth-order valence-electron chi connectivity index (χ4n) is 1.48. The third kappa shape index (κ3) is 3.10. The topological polar surface area (TPSA) is 119 Å². The molecular formula is C10H16N2O6. The molecule has 0 spiro atoms. The molecule has 2 atom stereocenters. The van der Waals surface area contributed by atoms with E-state index in [0.717, 1.165) is 4.90 Å². The molecule has 1 fully saturated rings. The number of nitrogens with zero attached hydrogens (tertiary/aromatic N) is 1. The fourth-order valence-corrected chi connectivity index (χ4v) is 1.48. The van der Waals surface area contributed by atoms with E-state index in [9.17, 15) is 14.4 Å². The van der Waals surface area contributed by atoms with Crippen LogP contribution in [0.3, 0.4) is 0 Å². The Bertz CT molecular complexity index is 375. The van der Waals surface area contributed by atoms with Gasteiger partial charge in [0, 0.05) is 0 Å². The van der Waals surface area contributed by atoms with Gasteiger partial charge in [0.2, 0.25) is 5.91 Å². The van der Waals surface area contributed by atoms with Crippen LogP contribution in [0.15, 0.2) is 0 Å². The molecular weight excluding hydrogens is 244 g/mol. The Morgan fingerprint density at radius 2 is 1.94 bits per heavy atom. The predicted octanol–water partition coefficient (Wildman–Crippen LogP) is -0.482. The fraction of sp³-hybridized carbons (Fsp3) is 0.700. The second kappa shape index (κ2) is 4.81. The number of nitrogens with two attached hydrogens (primary N) is 1. The van der Waals surface area contributed by atoms with Crippen LogP contribution in [0.5, 0.6) is 0 Å². The van der Waals surface area contributed by atoms with Crippen LogP contribution in [0.4, 0.5) is 4.79 Å². The highest BCUT2D eigenvalue weighted by Gasteiger charge is 2.47. The van der Waals surface area contributed by atoms with Gasteiger partial charge in [0.15, 0.2) is 12.1 Å². The molecule has 0 bridgehead atoms. The molecule has 0 aromatic rings. The van der Waals surface area contributed by atoms with Crippen molar-refractivity contribution in [1.29, 1.82) is 0 Å². The van der Waals surface area contributed by atoms with E-state index < -0.39 is 35.7 Å². The highest BCUT2D eigenvalue weighted by atomic mass is 16.6. The number of carbonyl (C=O) groups excluding carboxylic acids is 2. The molecule has 1 rings (SSSR count). The predicted molar refractivity (Wildman–Crippen MR) is 58.4 cm³/mol. The second-order valence-corrected chi connectivity index (χ2v) is 4.85. The number of rotatable bonds is 2. The lowest BCUT2D eigenvalue weighted by atomic mass is 10.1. The Morgan fingerprint density at radius 1 is 1.39 bits per heavy atom. The van der Waals surface area contributed by atoms with Gasteiger partial charge < -0.3 is 20.3 Å². The summed E-state index contributed by atoms with van der Waals surface area (Å²) in [6, 6.07) is -1.46. The van der Waals surface area contributed by atoms with Crippen molar-refractivity contribution >= 4 is 18.0 Å². The summed E-state index contributed by atoms with van der Waals surface area (Å²) in [6.07, 6.45) is -2.23. The van der Waals surface area contributed by atoms with Gasteiger partial charge in [0.25, 0.3) is 0 Å². The van der Waals surface area contributed by atoms with E-state index in [4.69, 9.17) is 20.3 Å². The van der Waals surface area contributed by atoms with Gasteiger partial charge in [-0.1, -0.05) is 0 Å². The minimum Gasteiger partial charge on any atom is -0.480 e. The van der Waals surface area contributed by atoms with Gasteiger partial charge >= 0.3 is 12.1 Å². The van der Waals surface area contributed by atoms with Crippen LogP contribution >= 0.6 is 0 Å². The van der Waals surface area contributed by atoms with Crippen LogP contribution in [0.1, 0.15) is 20.8 Å². The summed E-state index contributed by atoms with van der Waals surface area (Å²) in [6.45, 7) is 4.58. The molecule has 2 amide bonds. The molecule has 0 aliphatic carbocycles. The largest absolute Gasteiger partial charge is 0.480 e. The van der Waals surface area contributed by atoms with E-state index in [1.165, 1.54) is 0 Å². The van der Waals surface area contributed by atoms with E-state index in [1.54, 1.807) is 20.8 Å². The molecule has 18 heavy (non-hydrogen) atoms. The van der Waals surface area contributed by atoms with Crippen LogP contribution in [-0.2, 0) is 19.1 Å². The number of amides is 2. The van der Waals surface area contributed by atoms with Crippen LogP contribution in [-0.4, -0.2) is 52.5 Å². The van der Waals surface area contributed by atoms with Crippen molar-refractivity contribution < 1.29 is 29.0 Å². The number of carboxylic acids is 1. The Hall–Kier alpha value is -1.83. The molecule has 0 radical (unpaired) electrons. The van der Waals surface area contributed by atoms with Gasteiger partial charge in [-0.15, -0.1) is 0 Å². The summed E-state index contributed by atoms with van der Waals surface area (Å²) >= 11 is 0. The van der Waals surface area contributed by atoms with Gasteiger partial charge in [0.05, 0.1) is 0 Å². The first-order valence-electron chi connectivity index (χ1n) is 5.27. The van der Waals surface area contributed by atoms with Gasteiger partial charge in [-0.2, -0.15) is 0 Å². The molecule has 0 aromatic heterocycles. The van der Waals surface area contributed by atoms with E-state index in [-0.39, 0.29) is 6.73 Å². The first-order valence-corrected chi connectivity index (χ1v) is 5.27. The highest BCUT2D eigenvalue weighted by molar-refractivity contribution is 5.90. The van der Waals surface area contributed by atoms with E-state index in [2.05, 4.69) is 0 Å². The lowest BCUT2D eigenvalue weighted by Crippen LogP contribution is -2.50. The summed E-state index contributed by atoms with van der Waals surface area (Å²) in [5.41, 5.74) is 4.24. The molecule has 1 aliphatic heterocycles. The van der Waals surface area contributed by atoms with E-state index in [0.29, 0.717) is 0 Å². The Kier molecular flexibility index (Phi) is 3.80. The van der Waals surface area contributed by atoms with E-state index in [1.807, 2.05) is 0 Å². The van der Waals surface area contributed by atoms with Crippen molar-refractivity contribution in [2.24, 2.45) is 5.73 Å². The normalized spacial score (nSPS) is 23.8. The summed E-state index contributed by atoms with van der Waals surface area (Å²) in [5.74, 6) is -2.31. The molecule has 3 N–H and O–H groups in total. The number of carbonyl (C=O) groups is 3. The third-order valence-electron chi connectivity index (χ3n) is 2.18. The number of hydrogen-bond donors (Lipinski definition) is 2. The van der Waals surface area contributed by atoms with Crippen LogP contribution in [0.25, 0.3) is 0 Å². The number of primary amides is 1. The quantitative estimate of drug-likeness (QED) is 0.692. The average molecular weight is 260 g/mol. The third-order valence-corrected chi connectivity index (χ3v) is 2.18. The van der Waals surface area contributed by atoms with Crippen molar-refractivity contribution in [2.75, 3.05) is 6.73 Å². The van der Waals surface area contributed by atoms with Gasteiger partial charge in [-0.25, -0.2) is 9.59 Å². The number of hydrogen-bond acceptors (Lipinski definition) is 5. The molecule has 0 unspecified atom stereocenters. The molecule has 8 nitrogen and oxygen atoms in total. The van der Waals surface area contributed by atoms with E-state index >= 15 is 0 Å². The monoisotopic (exact) mass is 260 g/mol. The summed E-state index contributed by atoms with van der Waals surface area (Å²) in [7, 11) is 0. The first-order chi connectivity index (χ1) is 8.13. The Balaban J connectivity index is 2.86. The lowest BCUT2D eigenvalue weighted by molar-refractivity contribution is -0.145. The zero-order chi connectivity index (χ0) is 14.1. The van der Waals surface area contributed by atoms with Crippen molar-refractivity contribution in [2.45, 2.75) is 38.5 Å². The average Bonchev–Trinajstić information content (AvgIpc) is 2.58. The van der Waals surface area contributed by atoms with Crippen LogP contribution in [0.2, 0.25) is 0 Å². The number of carboxylic acid groups (broad SMARTS) is 1. The van der Waals surface area contributed by atoms with Gasteiger partial charge in [-0.05, 0) is 20.8 Å². The molecule has 0 saturated carbocycles. The Labute approximate surface area is 104 Å². The van der Waals surface area contributed by atoms with Crippen molar-refractivity contribution in [1.82, 2.24) is 4.90 Å². The minimum atomic E-state index is -1.46. The summed E-state index contributed by atoms with van der Waals surface area (Å²) < 4.78 is 9.93. The summed E-state index contributed by atoms with van der Waals surface area (Å²) in [4.78, 5) is 34.7. The molecule has 0 aromatic carbocycles. The van der Waals surface area contributed by atoms with Crippen molar-refractivity contribution in [3.8, 4) is 0 Å². The van der Waals surface area contributed by atoms with Crippen molar-refractivity contribution in [3.05, 3.63) is 0 Å². The first kappa shape index (κ1) is 14.2. The number of aliphatic carboxylic acids is 1. The maximum atomic E-state index is 11.8. The Morgan fingerprint density at radius 3 is 2.33 bits per heavy atom. The molecule has 102 valence electrons. The lowest BCUT2D eigenvalue weighted by Gasteiger charge is -2.26. The minimum absolute atomic E-state index is 0.348. The maximum Gasteiger partial charge on any atom is 0.412 e. The number of ether oxygens (including phenoxy) is 2. The molecule has 1 aliphatic rings. The van der Waals surface area contributed by atoms with Crippen molar-refractivity contribution in [3.63, 3.8) is 0 Å². The summed E-state index contributed by atoms with van der Waals surface area (Å²) in [5, 5.41) is 9.01. The molecule has 1 heterocycles. The standard InChI is InChI=1S/C10H16N2O6/c1-10(2,3)18-9(16)12-4-17-6(7(11)13)5(12)8(14)15/h5-6H,4H2,1-3H3,(H2,11,13)(H,14,15)/t5-,6-/m0/s1. The zero-order valence-electron chi connectivity index (χ0n) is 10.4. The second-order valence-electron chi connectivity index (χ2n) is 4.85. The van der Waals surface area contributed by atoms with Crippen LogP contribution < -0.4 is 5.73 Å². The van der Waals surface area contributed by atoms with Gasteiger partial charge in [-0.3, -0.25) is 9.69 Å². The molecule has 1 saturated heterocycles. The highest BCUT2D eigenvalue weighted by Crippen LogP contribution is 2.21. The smallest absolute Gasteiger partial charge is 0.412 e. The van der Waals surface area contributed by atoms with Gasteiger partial charge in [0.1, 0.15) is 12.3 Å². The SMILES string of the molecule is CC(C)(C)OC(=O)N1CO[C@H](C(N)=O)[C@H]1C(=O)O. The zero-order valence-corrected chi connectivity index (χ0v) is 10.4.